The molecule has 1 N–H and O–H groups in total. The molecule has 0 unspecified atom stereocenters. The largest absolute Gasteiger partial charge is 0.379 e. The first-order valence-corrected chi connectivity index (χ1v) is 7.03. The van der Waals surface area contributed by atoms with Gasteiger partial charge in [-0.1, -0.05) is 28.1 Å². The van der Waals surface area contributed by atoms with Crippen LogP contribution in [0.4, 0.5) is 10.1 Å². The van der Waals surface area contributed by atoms with E-state index in [-0.39, 0.29) is 5.82 Å². The number of rotatable bonds is 4. The number of hydrogen-bond donors (Lipinski definition) is 1. The van der Waals surface area contributed by atoms with Gasteiger partial charge in [-0.05, 0) is 46.3 Å². The summed E-state index contributed by atoms with van der Waals surface area (Å²) in [6.07, 6.45) is 1.46. The Morgan fingerprint density at radius 1 is 1.14 bits per heavy atom. The van der Waals surface area contributed by atoms with Crippen LogP contribution < -0.4 is 5.32 Å². The molecule has 0 spiro atoms. The van der Waals surface area contributed by atoms with Crippen LogP contribution in [0.2, 0.25) is 0 Å². The lowest BCUT2D eigenvalue weighted by Crippen LogP contribution is -2.03. The molecular weight excluding hydrogens is 337 g/mol. The molecule has 5 nitrogen and oxygen atoms in total. The van der Waals surface area contributed by atoms with Crippen molar-refractivity contribution in [3.05, 3.63) is 64.6 Å². The van der Waals surface area contributed by atoms with Crippen LogP contribution in [0.25, 0.3) is 5.69 Å². The van der Waals surface area contributed by atoms with Crippen LogP contribution in [-0.4, -0.2) is 20.2 Å². The maximum Gasteiger partial charge on any atom is 0.146 e. The number of nitrogens with zero attached hydrogens (tertiary/aromatic N) is 4. The Balaban J connectivity index is 1.78. The number of tetrazole rings is 1. The first-order chi connectivity index (χ1) is 10.2. The number of benzene rings is 2. The van der Waals surface area contributed by atoms with E-state index in [0.29, 0.717) is 17.9 Å². The second-order valence-electron chi connectivity index (χ2n) is 4.40. The number of anilines is 1. The van der Waals surface area contributed by atoms with Gasteiger partial charge in [0.2, 0.25) is 0 Å². The Bertz CT molecular complexity index is 728. The second kappa shape index (κ2) is 6.01. The highest BCUT2D eigenvalue weighted by Crippen LogP contribution is 2.19. The fourth-order valence-corrected chi connectivity index (χ4v) is 2.13. The van der Waals surface area contributed by atoms with E-state index in [2.05, 4.69) is 36.8 Å². The van der Waals surface area contributed by atoms with Crippen molar-refractivity contribution in [1.82, 2.24) is 20.2 Å². The minimum Gasteiger partial charge on any atom is -0.379 e. The molecule has 0 bridgehead atoms. The first kappa shape index (κ1) is 13.7. The fraction of sp³-hybridized carbons (Fsp3) is 0.0714. The predicted molar refractivity (Wildman–Crippen MR) is 80.6 cm³/mol. The van der Waals surface area contributed by atoms with Gasteiger partial charge in [0.15, 0.2) is 0 Å². The molecule has 0 radical (unpaired) electrons. The minimum absolute atomic E-state index is 0.316. The van der Waals surface area contributed by atoms with Crippen molar-refractivity contribution in [1.29, 1.82) is 0 Å². The first-order valence-electron chi connectivity index (χ1n) is 6.23. The van der Waals surface area contributed by atoms with Gasteiger partial charge in [-0.2, -0.15) is 0 Å². The van der Waals surface area contributed by atoms with Crippen LogP contribution in [0.5, 0.6) is 0 Å². The summed E-state index contributed by atoms with van der Waals surface area (Å²) >= 11 is 3.38. The Morgan fingerprint density at radius 2 is 1.95 bits per heavy atom. The van der Waals surface area contributed by atoms with Crippen molar-refractivity contribution in [2.75, 3.05) is 5.32 Å². The summed E-state index contributed by atoms with van der Waals surface area (Å²) in [7, 11) is 0. The molecule has 0 fully saturated rings. The van der Waals surface area contributed by atoms with E-state index in [1.807, 2.05) is 24.3 Å². The summed E-state index contributed by atoms with van der Waals surface area (Å²) in [6.45, 7) is 0.531. The number of nitrogens with one attached hydrogen (secondary N) is 1. The second-order valence-corrected chi connectivity index (χ2v) is 5.31. The van der Waals surface area contributed by atoms with E-state index in [1.54, 1.807) is 12.1 Å². The van der Waals surface area contributed by atoms with Gasteiger partial charge in [0, 0.05) is 11.0 Å². The minimum atomic E-state index is -0.316. The lowest BCUT2D eigenvalue weighted by Gasteiger charge is -2.09. The Morgan fingerprint density at radius 3 is 2.67 bits per heavy atom. The molecular formula is C14H11BrFN5. The molecule has 0 saturated carbocycles. The van der Waals surface area contributed by atoms with E-state index < -0.39 is 0 Å². The van der Waals surface area contributed by atoms with Gasteiger partial charge in [0.25, 0.3) is 0 Å². The van der Waals surface area contributed by atoms with Gasteiger partial charge < -0.3 is 5.32 Å². The van der Waals surface area contributed by atoms with E-state index in [9.17, 15) is 4.39 Å². The highest BCUT2D eigenvalue weighted by atomic mass is 79.9. The van der Waals surface area contributed by atoms with Gasteiger partial charge in [0.05, 0.1) is 11.4 Å². The molecule has 2 aromatic carbocycles. The van der Waals surface area contributed by atoms with Crippen LogP contribution in [0.3, 0.4) is 0 Å². The normalized spacial score (nSPS) is 10.6. The van der Waals surface area contributed by atoms with Crippen molar-refractivity contribution < 1.29 is 4.39 Å². The maximum absolute atomic E-state index is 13.8. The topological polar surface area (TPSA) is 55.6 Å². The quantitative estimate of drug-likeness (QED) is 0.787. The van der Waals surface area contributed by atoms with E-state index in [4.69, 9.17) is 0 Å². The molecule has 7 heteroatoms. The zero-order valence-corrected chi connectivity index (χ0v) is 12.5. The third-order valence-corrected chi connectivity index (χ3v) is 3.49. The molecule has 3 aromatic rings. The van der Waals surface area contributed by atoms with E-state index >= 15 is 0 Å². The molecule has 3 rings (SSSR count). The zero-order chi connectivity index (χ0) is 14.7. The molecule has 0 amide bonds. The number of halogens is 2. The van der Waals surface area contributed by atoms with Crippen molar-refractivity contribution >= 4 is 21.6 Å². The summed E-state index contributed by atoms with van der Waals surface area (Å²) in [5.74, 6) is -0.316. The smallest absolute Gasteiger partial charge is 0.146 e. The molecule has 0 atom stereocenters. The highest BCUT2D eigenvalue weighted by Gasteiger charge is 2.06. The molecule has 0 aliphatic heterocycles. The fourth-order valence-electron chi connectivity index (χ4n) is 1.87. The monoisotopic (exact) mass is 347 g/mol. The molecule has 1 aromatic heterocycles. The standard InChI is InChI=1S/C14H11BrFN5/c15-11-3-1-10(2-4-11)8-17-14-7-12(5-6-13(14)16)21-9-18-19-20-21/h1-7,9,17H,8H2. The van der Waals surface area contributed by atoms with Crippen molar-refractivity contribution in [2.45, 2.75) is 6.54 Å². The maximum atomic E-state index is 13.8. The van der Waals surface area contributed by atoms with E-state index in [1.165, 1.54) is 17.1 Å². The average Bonchev–Trinajstić information content (AvgIpc) is 3.02. The zero-order valence-electron chi connectivity index (χ0n) is 10.9. The van der Waals surface area contributed by atoms with Crippen LogP contribution in [0, 0.1) is 5.82 Å². The summed E-state index contributed by atoms with van der Waals surface area (Å²) in [5.41, 5.74) is 2.16. The van der Waals surface area contributed by atoms with Crippen molar-refractivity contribution in [2.24, 2.45) is 0 Å². The van der Waals surface area contributed by atoms with Gasteiger partial charge in [-0.25, -0.2) is 9.07 Å². The molecule has 0 aliphatic rings. The van der Waals surface area contributed by atoms with Gasteiger partial charge in [-0.3, -0.25) is 0 Å². The average molecular weight is 348 g/mol. The van der Waals surface area contributed by atoms with Crippen molar-refractivity contribution in [3.63, 3.8) is 0 Å². The van der Waals surface area contributed by atoms with E-state index in [0.717, 1.165) is 10.0 Å². The van der Waals surface area contributed by atoms with Crippen LogP contribution in [-0.2, 0) is 6.54 Å². The SMILES string of the molecule is Fc1ccc(-n2cnnn2)cc1NCc1ccc(Br)cc1. The molecule has 1 heterocycles. The molecule has 0 saturated heterocycles. The van der Waals surface area contributed by atoms with Gasteiger partial charge >= 0.3 is 0 Å². The number of aromatic nitrogens is 4. The Kier molecular flexibility index (Phi) is 3.92. The summed E-state index contributed by atoms with van der Waals surface area (Å²) in [6, 6.07) is 12.5. The van der Waals surface area contributed by atoms with Crippen LogP contribution >= 0.6 is 15.9 Å². The summed E-state index contributed by atoms with van der Waals surface area (Å²) in [5, 5.41) is 14.0. The summed E-state index contributed by atoms with van der Waals surface area (Å²) in [4.78, 5) is 0. The third kappa shape index (κ3) is 3.25. The molecule has 106 valence electrons. The summed E-state index contributed by atoms with van der Waals surface area (Å²) < 4.78 is 16.3. The molecule has 0 aliphatic carbocycles. The third-order valence-electron chi connectivity index (χ3n) is 2.96. The predicted octanol–water partition coefficient (Wildman–Crippen LogP) is 3.18. The number of hydrogen-bond acceptors (Lipinski definition) is 4. The molecule has 21 heavy (non-hydrogen) atoms. The highest BCUT2D eigenvalue weighted by molar-refractivity contribution is 9.10. The van der Waals surface area contributed by atoms with Gasteiger partial charge in [0.1, 0.15) is 12.1 Å². The van der Waals surface area contributed by atoms with Gasteiger partial charge in [-0.15, -0.1) is 5.10 Å². The van der Waals surface area contributed by atoms with Crippen molar-refractivity contribution in [3.8, 4) is 5.69 Å². The van der Waals surface area contributed by atoms with Crippen LogP contribution in [0.15, 0.2) is 53.3 Å². The Labute approximate surface area is 128 Å². The lowest BCUT2D eigenvalue weighted by molar-refractivity contribution is 0.629. The van der Waals surface area contributed by atoms with Crippen LogP contribution in [0.1, 0.15) is 5.56 Å². The lowest BCUT2D eigenvalue weighted by atomic mass is 10.2. The Hall–Kier alpha value is -2.28.